The van der Waals surface area contributed by atoms with Crippen LogP contribution >= 0.6 is 0 Å². The highest BCUT2D eigenvalue weighted by Gasteiger charge is 2.07. The van der Waals surface area contributed by atoms with Gasteiger partial charge in [0.05, 0.1) is 0 Å². The van der Waals surface area contributed by atoms with Crippen molar-refractivity contribution >= 4 is 0 Å². The third-order valence-electron chi connectivity index (χ3n) is 2.49. The summed E-state index contributed by atoms with van der Waals surface area (Å²) in [6, 6.07) is 4.53. The molecule has 0 aliphatic rings. The number of rotatable bonds is 6. The molecule has 0 bridgehead atoms. The second kappa shape index (κ2) is 6.36. The molecule has 0 fully saturated rings. The summed E-state index contributed by atoms with van der Waals surface area (Å²) in [4.78, 5) is 4.11. The van der Waals surface area contributed by atoms with Gasteiger partial charge < -0.3 is 5.32 Å². The first-order chi connectivity index (χ1) is 7.24. The maximum Gasteiger partial charge on any atom is 0.0299 e. The van der Waals surface area contributed by atoms with Crippen molar-refractivity contribution in [2.45, 2.75) is 32.7 Å². The Labute approximate surface area is 92.4 Å². The number of pyridine rings is 1. The highest BCUT2D eigenvalue weighted by atomic mass is 14.9. The molecule has 82 valence electrons. The van der Waals surface area contributed by atoms with E-state index in [0.29, 0.717) is 6.04 Å². The summed E-state index contributed by atoms with van der Waals surface area (Å²) in [5, 5.41) is 3.43. The van der Waals surface area contributed by atoms with Gasteiger partial charge in [-0.3, -0.25) is 4.98 Å². The molecule has 0 aromatic carbocycles. The van der Waals surface area contributed by atoms with Crippen molar-refractivity contribution in [1.82, 2.24) is 10.3 Å². The van der Waals surface area contributed by atoms with E-state index in [2.05, 4.69) is 36.8 Å². The number of aromatic nitrogens is 1. The lowest BCUT2D eigenvalue weighted by atomic mass is 10.0. The van der Waals surface area contributed by atoms with Gasteiger partial charge in [-0.2, -0.15) is 0 Å². The number of likely N-dealkylation sites (N-methyl/N-ethyl adjacent to an activating group) is 1. The van der Waals surface area contributed by atoms with E-state index >= 15 is 0 Å². The average molecular weight is 204 g/mol. The predicted octanol–water partition coefficient (Wildman–Crippen LogP) is 2.57. The zero-order valence-corrected chi connectivity index (χ0v) is 9.66. The smallest absolute Gasteiger partial charge is 0.0299 e. The number of hydrogen-bond donors (Lipinski definition) is 1. The minimum Gasteiger partial charge on any atom is -0.311 e. The van der Waals surface area contributed by atoms with Crippen LogP contribution in [-0.4, -0.2) is 17.6 Å². The molecule has 1 rings (SSSR count). The minimum absolute atomic E-state index is 0.426. The lowest BCUT2D eigenvalue weighted by Gasteiger charge is -2.17. The first-order valence-corrected chi connectivity index (χ1v) is 5.51. The molecule has 1 N–H and O–H groups in total. The van der Waals surface area contributed by atoms with Crippen molar-refractivity contribution in [2.24, 2.45) is 0 Å². The number of nitrogens with zero attached hydrogens (tertiary/aromatic N) is 1. The van der Waals surface area contributed by atoms with E-state index in [-0.39, 0.29) is 0 Å². The molecular formula is C13H20N2. The van der Waals surface area contributed by atoms with Crippen LogP contribution in [0.4, 0.5) is 0 Å². The van der Waals surface area contributed by atoms with Crippen LogP contribution in [0.15, 0.2) is 36.7 Å². The summed E-state index contributed by atoms with van der Waals surface area (Å²) >= 11 is 0. The quantitative estimate of drug-likeness (QED) is 0.720. The summed E-state index contributed by atoms with van der Waals surface area (Å²) in [6.45, 7) is 9.20. The Hall–Kier alpha value is -1.15. The largest absolute Gasteiger partial charge is 0.311 e. The Morgan fingerprint density at radius 3 is 2.93 bits per heavy atom. The Bertz CT molecular complexity index is 293. The van der Waals surface area contributed by atoms with Gasteiger partial charge in [0.25, 0.3) is 0 Å². The molecule has 0 amide bonds. The molecule has 2 heteroatoms. The lowest BCUT2D eigenvalue weighted by Crippen LogP contribution is -2.30. The lowest BCUT2D eigenvalue weighted by molar-refractivity contribution is 0.552. The molecule has 0 saturated heterocycles. The van der Waals surface area contributed by atoms with Crippen molar-refractivity contribution < 1.29 is 0 Å². The van der Waals surface area contributed by atoms with Crippen LogP contribution in [0, 0.1) is 0 Å². The second-order valence-corrected chi connectivity index (χ2v) is 3.86. The van der Waals surface area contributed by atoms with E-state index in [1.807, 2.05) is 18.5 Å². The third kappa shape index (κ3) is 4.26. The van der Waals surface area contributed by atoms with Gasteiger partial charge in [-0.25, -0.2) is 0 Å². The number of nitrogens with one attached hydrogen (secondary N) is 1. The zero-order chi connectivity index (χ0) is 11.1. The third-order valence-corrected chi connectivity index (χ3v) is 2.49. The monoisotopic (exact) mass is 204 g/mol. The van der Waals surface area contributed by atoms with Gasteiger partial charge in [0.1, 0.15) is 0 Å². The Kier molecular flexibility index (Phi) is 5.05. The highest BCUT2D eigenvalue weighted by molar-refractivity contribution is 5.10. The summed E-state index contributed by atoms with van der Waals surface area (Å²) in [5.74, 6) is 0. The van der Waals surface area contributed by atoms with Crippen LogP contribution in [0.2, 0.25) is 0 Å². The van der Waals surface area contributed by atoms with Gasteiger partial charge in [-0.05, 0) is 37.9 Å². The standard InChI is InChI=1S/C13H20N2/c1-4-15-13(11(2)3)8-7-12-6-5-9-14-10-12/h5-6,9-10,13,15H,2,4,7-8H2,1,3H3. The second-order valence-electron chi connectivity index (χ2n) is 3.86. The molecule has 15 heavy (non-hydrogen) atoms. The molecule has 0 spiro atoms. The molecule has 1 heterocycles. The summed E-state index contributed by atoms with van der Waals surface area (Å²) in [6.07, 6.45) is 5.89. The molecule has 0 aliphatic heterocycles. The van der Waals surface area contributed by atoms with Crippen molar-refractivity contribution in [1.29, 1.82) is 0 Å². The maximum absolute atomic E-state index is 4.11. The normalized spacial score (nSPS) is 12.4. The fourth-order valence-corrected chi connectivity index (χ4v) is 1.63. The first kappa shape index (κ1) is 11.9. The van der Waals surface area contributed by atoms with Gasteiger partial charge in [-0.15, -0.1) is 0 Å². The Morgan fingerprint density at radius 2 is 2.40 bits per heavy atom. The summed E-state index contributed by atoms with van der Waals surface area (Å²) < 4.78 is 0. The van der Waals surface area contributed by atoms with Crippen LogP contribution < -0.4 is 5.32 Å². The topological polar surface area (TPSA) is 24.9 Å². The van der Waals surface area contributed by atoms with Gasteiger partial charge in [0.15, 0.2) is 0 Å². The highest BCUT2D eigenvalue weighted by Crippen LogP contribution is 2.08. The number of hydrogen-bond acceptors (Lipinski definition) is 2. The van der Waals surface area contributed by atoms with Crippen molar-refractivity contribution in [2.75, 3.05) is 6.54 Å². The summed E-state index contributed by atoms with van der Waals surface area (Å²) in [5.41, 5.74) is 2.50. The number of aryl methyl sites for hydroxylation is 1. The zero-order valence-electron chi connectivity index (χ0n) is 9.66. The summed E-state index contributed by atoms with van der Waals surface area (Å²) in [7, 11) is 0. The van der Waals surface area contributed by atoms with E-state index < -0.39 is 0 Å². The maximum atomic E-state index is 4.11. The van der Waals surface area contributed by atoms with Gasteiger partial charge in [-0.1, -0.05) is 25.1 Å². The van der Waals surface area contributed by atoms with E-state index in [9.17, 15) is 0 Å². The fraction of sp³-hybridized carbons (Fsp3) is 0.462. The van der Waals surface area contributed by atoms with Crippen molar-refractivity contribution in [3.8, 4) is 0 Å². The molecule has 0 aliphatic carbocycles. The van der Waals surface area contributed by atoms with Gasteiger partial charge in [0.2, 0.25) is 0 Å². The van der Waals surface area contributed by atoms with E-state index in [0.717, 1.165) is 19.4 Å². The van der Waals surface area contributed by atoms with E-state index in [1.54, 1.807) is 0 Å². The molecule has 0 radical (unpaired) electrons. The van der Waals surface area contributed by atoms with Crippen LogP contribution in [0.3, 0.4) is 0 Å². The molecule has 0 saturated carbocycles. The minimum atomic E-state index is 0.426. The molecular weight excluding hydrogens is 184 g/mol. The SMILES string of the molecule is C=C(C)C(CCc1cccnc1)NCC. The van der Waals surface area contributed by atoms with Crippen LogP contribution in [0.25, 0.3) is 0 Å². The van der Waals surface area contributed by atoms with E-state index in [1.165, 1.54) is 11.1 Å². The van der Waals surface area contributed by atoms with Crippen LogP contribution in [0.5, 0.6) is 0 Å². The molecule has 1 atom stereocenters. The molecule has 2 nitrogen and oxygen atoms in total. The van der Waals surface area contributed by atoms with Crippen LogP contribution in [-0.2, 0) is 6.42 Å². The van der Waals surface area contributed by atoms with E-state index in [4.69, 9.17) is 0 Å². The Balaban J connectivity index is 2.43. The van der Waals surface area contributed by atoms with Crippen molar-refractivity contribution in [3.05, 3.63) is 42.2 Å². The Morgan fingerprint density at radius 1 is 1.60 bits per heavy atom. The average Bonchev–Trinajstić information content (AvgIpc) is 2.25. The predicted molar refractivity (Wildman–Crippen MR) is 64.8 cm³/mol. The fourth-order valence-electron chi connectivity index (χ4n) is 1.63. The van der Waals surface area contributed by atoms with Gasteiger partial charge >= 0.3 is 0 Å². The first-order valence-electron chi connectivity index (χ1n) is 5.51. The molecule has 1 unspecified atom stereocenters. The molecule has 1 aromatic heterocycles. The van der Waals surface area contributed by atoms with Gasteiger partial charge in [0, 0.05) is 18.4 Å². The molecule has 1 aromatic rings. The van der Waals surface area contributed by atoms with Crippen LogP contribution in [0.1, 0.15) is 25.8 Å². The van der Waals surface area contributed by atoms with Crippen molar-refractivity contribution in [3.63, 3.8) is 0 Å².